The second kappa shape index (κ2) is 6.44. The zero-order valence-corrected chi connectivity index (χ0v) is 11.2. The summed E-state index contributed by atoms with van der Waals surface area (Å²) in [5, 5.41) is 25.3. The number of carboxylic acid groups (broad SMARTS) is 1. The Morgan fingerprint density at radius 1 is 1.23 bits per heavy atom. The highest BCUT2D eigenvalue weighted by atomic mass is 16.6. The summed E-state index contributed by atoms with van der Waals surface area (Å²) in [6.45, 7) is 0. The number of anilines is 2. The summed E-state index contributed by atoms with van der Waals surface area (Å²) in [6.07, 6.45) is -0.342. The first-order valence-corrected chi connectivity index (χ1v) is 6.19. The van der Waals surface area contributed by atoms with Crippen LogP contribution in [0, 0.1) is 15.0 Å². The zero-order chi connectivity index (χ0) is 16.1. The third-order valence-corrected chi connectivity index (χ3v) is 2.87. The van der Waals surface area contributed by atoms with Gasteiger partial charge in [-0.2, -0.15) is 0 Å². The van der Waals surface area contributed by atoms with Crippen molar-refractivity contribution in [3.8, 4) is 0 Å². The number of non-ortho nitro benzene ring substituents is 1. The molecule has 0 radical (unpaired) electrons. The molecule has 2 aromatic rings. The first-order chi connectivity index (χ1) is 10.5. The Morgan fingerprint density at radius 3 is 2.59 bits per heavy atom. The van der Waals surface area contributed by atoms with Crippen molar-refractivity contribution in [2.45, 2.75) is 6.42 Å². The number of aliphatic carboxylic acids is 1. The van der Waals surface area contributed by atoms with Crippen molar-refractivity contribution in [3.63, 3.8) is 0 Å². The molecule has 0 spiro atoms. The van der Waals surface area contributed by atoms with Crippen molar-refractivity contribution >= 4 is 28.7 Å². The van der Waals surface area contributed by atoms with Gasteiger partial charge < -0.3 is 10.4 Å². The maximum atomic E-state index is 10.8. The fraction of sp³-hybridized carbons (Fsp3) is 0.0714. The van der Waals surface area contributed by atoms with Crippen LogP contribution >= 0.6 is 0 Å². The third-order valence-electron chi connectivity index (χ3n) is 2.87. The van der Waals surface area contributed by atoms with Crippen molar-refractivity contribution < 1.29 is 14.8 Å². The number of nitro groups is 1. The molecule has 2 N–H and O–H groups in total. The predicted octanol–water partition coefficient (Wildman–Crippen LogP) is 3.36. The summed E-state index contributed by atoms with van der Waals surface area (Å²) in [6, 6.07) is 10.3. The van der Waals surface area contributed by atoms with Crippen LogP contribution in [0.15, 0.2) is 47.6 Å². The van der Waals surface area contributed by atoms with E-state index in [1.165, 1.54) is 30.3 Å². The van der Waals surface area contributed by atoms with E-state index >= 15 is 0 Å². The van der Waals surface area contributed by atoms with Gasteiger partial charge in [-0.3, -0.25) is 14.9 Å². The second-order valence-electron chi connectivity index (χ2n) is 4.44. The summed E-state index contributed by atoms with van der Waals surface area (Å²) in [7, 11) is 0. The minimum Gasteiger partial charge on any atom is -0.481 e. The van der Waals surface area contributed by atoms with E-state index in [0.29, 0.717) is 11.4 Å². The molecular weight excluding hydrogens is 290 g/mol. The molecule has 0 aliphatic heterocycles. The van der Waals surface area contributed by atoms with Gasteiger partial charge in [0.1, 0.15) is 5.69 Å². The van der Waals surface area contributed by atoms with Crippen LogP contribution in [0.5, 0.6) is 0 Å². The summed E-state index contributed by atoms with van der Waals surface area (Å²) in [4.78, 5) is 31.7. The third kappa shape index (κ3) is 3.63. The van der Waals surface area contributed by atoms with Gasteiger partial charge in [0.15, 0.2) is 0 Å². The van der Waals surface area contributed by atoms with Gasteiger partial charge in [-0.15, -0.1) is 4.91 Å². The molecule has 112 valence electrons. The van der Waals surface area contributed by atoms with Crippen LogP contribution in [0.1, 0.15) is 5.56 Å². The molecule has 0 atom stereocenters. The Kier molecular flexibility index (Phi) is 4.42. The quantitative estimate of drug-likeness (QED) is 0.479. The maximum Gasteiger partial charge on any atom is 0.307 e. The minimum atomic E-state index is -1.09. The van der Waals surface area contributed by atoms with E-state index in [9.17, 15) is 19.8 Å². The highest BCUT2D eigenvalue weighted by molar-refractivity contribution is 5.75. The molecule has 8 nitrogen and oxygen atoms in total. The number of nitrogens with zero attached hydrogens (tertiary/aromatic N) is 2. The lowest BCUT2D eigenvalue weighted by Gasteiger charge is -2.09. The smallest absolute Gasteiger partial charge is 0.307 e. The molecule has 0 bridgehead atoms. The molecule has 0 aliphatic rings. The van der Waals surface area contributed by atoms with E-state index in [1.807, 2.05) is 0 Å². The fourth-order valence-electron chi connectivity index (χ4n) is 1.92. The fourth-order valence-corrected chi connectivity index (χ4v) is 1.92. The molecule has 0 aliphatic carbocycles. The number of nitrogens with one attached hydrogen (secondary N) is 1. The van der Waals surface area contributed by atoms with Gasteiger partial charge in [0.2, 0.25) is 0 Å². The molecule has 8 heteroatoms. The Balaban J connectivity index is 2.29. The Bertz CT molecular complexity index is 745. The van der Waals surface area contributed by atoms with Crippen LogP contribution in [0.25, 0.3) is 0 Å². The van der Waals surface area contributed by atoms with Crippen LogP contribution in [0.2, 0.25) is 0 Å². The monoisotopic (exact) mass is 301 g/mol. The number of nitroso groups, excluding NO2 is 1. The van der Waals surface area contributed by atoms with Crippen molar-refractivity contribution in [3.05, 3.63) is 63.0 Å². The van der Waals surface area contributed by atoms with Crippen molar-refractivity contribution in [2.24, 2.45) is 5.18 Å². The highest BCUT2D eigenvalue weighted by Gasteiger charge is 2.10. The lowest BCUT2D eigenvalue weighted by Crippen LogP contribution is -2.01. The minimum absolute atomic E-state index is 0.0481. The van der Waals surface area contributed by atoms with Gasteiger partial charge in [0, 0.05) is 23.5 Å². The number of benzene rings is 2. The largest absolute Gasteiger partial charge is 0.481 e. The molecule has 0 fully saturated rings. The van der Waals surface area contributed by atoms with Crippen LogP contribution in [0.3, 0.4) is 0 Å². The van der Waals surface area contributed by atoms with E-state index in [2.05, 4.69) is 10.5 Å². The van der Waals surface area contributed by atoms with Crippen LogP contribution in [0.4, 0.5) is 22.7 Å². The molecule has 2 rings (SSSR count). The summed E-state index contributed by atoms with van der Waals surface area (Å²) >= 11 is 0. The van der Waals surface area contributed by atoms with Gasteiger partial charge in [0.05, 0.1) is 11.3 Å². The number of carbonyl (C=O) groups is 1. The highest BCUT2D eigenvalue weighted by Crippen LogP contribution is 2.27. The molecule has 0 aromatic heterocycles. The van der Waals surface area contributed by atoms with Gasteiger partial charge in [-0.25, -0.2) is 0 Å². The molecule has 0 unspecified atom stereocenters. The molecule has 0 saturated heterocycles. The molecule has 22 heavy (non-hydrogen) atoms. The Labute approximate surface area is 124 Å². The van der Waals surface area contributed by atoms with E-state index in [4.69, 9.17) is 5.11 Å². The maximum absolute atomic E-state index is 10.8. The topological polar surface area (TPSA) is 122 Å². The standard InChI is InChI=1S/C14H11N3O5/c18-14(19)7-9-6-11(4-5-13(9)16-20)15-10-2-1-3-12(8-10)17(21)22/h1-6,8,15H,7H2,(H,18,19). The van der Waals surface area contributed by atoms with E-state index in [1.54, 1.807) is 12.1 Å². The first-order valence-electron chi connectivity index (χ1n) is 6.19. The van der Waals surface area contributed by atoms with E-state index in [0.717, 1.165) is 0 Å². The SMILES string of the molecule is O=Nc1ccc(Nc2cccc([N+](=O)[O-])c2)cc1CC(=O)O. The van der Waals surface area contributed by atoms with Gasteiger partial charge in [0.25, 0.3) is 5.69 Å². The van der Waals surface area contributed by atoms with Crippen molar-refractivity contribution in [1.82, 2.24) is 0 Å². The second-order valence-corrected chi connectivity index (χ2v) is 4.44. The number of rotatable bonds is 6. The average Bonchev–Trinajstić information content (AvgIpc) is 2.47. The van der Waals surface area contributed by atoms with Crippen molar-refractivity contribution in [1.29, 1.82) is 0 Å². The van der Waals surface area contributed by atoms with Crippen LogP contribution < -0.4 is 5.32 Å². The number of nitro benzene ring substituents is 1. The number of hydrogen-bond donors (Lipinski definition) is 2. The van der Waals surface area contributed by atoms with Crippen molar-refractivity contribution in [2.75, 3.05) is 5.32 Å². The van der Waals surface area contributed by atoms with Crippen LogP contribution in [-0.2, 0) is 11.2 Å². The van der Waals surface area contributed by atoms with E-state index < -0.39 is 10.9 Å². The summed E-state index contributed by atoms with van der Waals surface area (Å²) in [5.74, 6) is -1.09. The number of carboxylic acids is 1. The average molecular weight is 301 g/mol. The Hall–Kier alpha value is -3.29. The lowest BCUT2D eigenvalue weighted by molar-refractivity contribution is -0.384. The molecular formula is C14H11N3O5. The van der Waals surface area contributed by atoms with Gasteiger partial charge in [-0.05, 0) is 35.0 Å². The normalized spacial score (nSPS) is 10.0. The predicted molar refractivity (Wildman–Crippen MR) is 79.6 cm³/mol. The lowest BCUT2D eigenvalue weighted by atomic mass is 10.1. The van der Waals surface area contributed by atoms with E-state index in [-0.39, 0.29) is 23.4 Å². The molecule has 0 amide bonds. The summed E-state index contributed by atoms with van der Waals surface area (Å²) in [5.41, 5.74) is 1.22. The first kappa shape index (κ1) is 15.1. The molecule has 0 heterocycles. The van der Waals surface area contributed by atoms with Crippen LogP contribution in [-0.4, -0.2) is 16.0 Å². The molecule has 0 saturated carbocycles. The van der Waals surface area contributed by atoms with Gasteiger partial charge in [-0.1, -0.05) is 6.07 Å². The zero-order valence-electron chi connectivity index (χ0n) is 11.2. The number of hydrogen-bond acceptors (Lipinski definition) is 6. The Morgan fingerprint density at radius 2 is 1.95 bits per heavy atom. The van der Waals surface area contributed by atoms with Gasteiger partial charge >= 0.3 is 5.97 Å². The molecule has 2 aromatic carbocycles. The summed E-state index contributed by atoms with van der Waals surface area (Å²) < 4.78 is 0.